The summed E-state index contributed by atoms with van der Waals surface area (Å²) >= 11 is 0. The zero-order valence-corrected chi connectivity index (χ0v) is 12.4. The van der Waals surface area contributed by atoms with Crippen molar-refractivity contribution in [2.75, 3.05) is 7.05 Å². The maximum atomic E-state index is 12.6. The Bertz CT molecular complexity index is 524. The van der Waals surface area contributed by atoms with Crippen molar-refractivity contribution >= 4 is 5.91 Å². The van der Waals surface area contributed by atoms with Gasteiger partial charge in [0.1, 0.15) is 5.41 Å². The zero-order valence-electron chi connectivity index (χ0n) is 12.4. The third-order valence-corrected chi connectivity index (χ3v) is 4.18. The molecule has 0 aromatic heterocycles. The van der Waals surface area contributed by atoms with Crippen LogP contribution in [-0.2, 0) is 11.3 Å². The second-order valence-electron chi connectivity index (χ2n) is 5.90. The van der Waals surface area contributed by atoms with E-state index in [4.69, 9.17) is 0 Å². The number of hydrogen-bond donors (Lipinski definition) is 0. The quantitative estimate of drug-likeness (QED) is 0.844. The second-order valence-corrected chi connectivity index (χ2v) is 5.90. The van der Waals surface area contributed by atoms with E-state index in [0.717, 1.165) is 24.8 Å². The normalized spacial score (nSPS) is 17.2. The van der Waals surface area contributed by atoms with E-state index < -0.39 is 5.41 Å². The first-order valence-electron chi connectivity index (χ1n) is 7.30. The molecule has 0 atom stereocenters. The van der Waals surface area contributed by atoms with Crippen molar-refractivity contribution in [3.05, 3.63) is 35.4 Å². The van der Waals surface area contributed by atoms with E-state index in [-0.39, 0.29) is 5.91 Å². The van der Waals surface area contributed by atoms with Gasteiger partial charge in [0, 0.05) is 13.6 Å². The Kier molecular flexibility index (Phi) is 4.44. The van der Waals surface area contributed by atoms with Crippen molar-refractivity contribution in [3.63, 3.8) is 0 Å². The molecule has 1 saturated carbocycles. The number of aryl methyl sites for hydroxylation is 1. The van der Waals surface area contributed by atoms with Gasteiger partial charge in [-0.05, 0) is 25.3 Å². The van der Waals surface area contributed by atoms with Crippen LogP contribution in [0, 0.1) is 23.7 Å². The van der Waals surface area contributed by atoms with E-state index in [1.54, 1.807) is 11.9 Å². The number of amides is 1. The summed E-state index contributed by atoms with van der Waals surface area (Å²) in [4.78, 5) is 14.4. The molecule has 0 spiro atoms. The van der Waals surface area contributed by atoms with Crippen LogP contribution in [0.15, 0.2) is 24.3 Å². The lowest BCUT2D eigenvalue weighted by molar-refractivity contribution is -0.139. The Morgan fingerprint density at radius 3 is 2.65 bits per heavy atom. The van der Waals surface area contributed by atoms with Crippen molar-refractivity contribution in [1.29, 1.82) is 5.26 Å². The average molecular weight is 270 g/mol. The monoisotopic (exact) mass is 270 g/mol. The van der Waals surface area contributed by atoms with Crippen LogP contribution in [0.3, 0.4) is 0 Å². The van der Waals surface area contributed by atoms with Gasteiger partial charge in [0.15, 0.2) is 0 Å². The van der Waals surface area contributed by atoms with Crippen molar-refractivity contribution in [2.24, 2.45) is 5.41 Å². The summed E-state index contributed by atoms with van der Waals surface area (Å²) in [6.45, 7) is 2.62. The number of benzene rings is 1. The molecule has 1 aliphatic rings. The molecule has 1 aromatic rings. The maximum Gasteiger partial charge on any atom is 0.243 e. The van der Waals surface area contributed by atoms with E-state index in [1.807, 2.05) is 25.1 Å². The molecule has 1 aromatic carbocycles. The topological polar surface area (TPSA) is 44.1 Å². The summed E-state index contributed by atoms with van der Waals surface area (Å²) in [6.07, 6.45) is 4.52. The fourth-order valence-corrected chi connectivity index (χ4v) is 3.05. The van der Waals surface area contributed by atoms with Crippen molar-refractivity contribution in [3.8, 4) is 6.07 Å². The van der Waals surface area contributed by atoms with E-state index >= 15 is 0 Å². The number of carbonyl (C=O) groups is 1. The molecule has 0 heterocycles. The van der Waals surface area contributed by atoms with Crippen LogP contribution in [0.1, 0.15) is 43.2 Å². The number of hydrogen-bond acceptors (Lipinski definition) is 2. The standard InChI is InChI=1S/C17H22N2O/c1-14-7-6-8-15(11-14)12-19(2)16(20)17(13-18)9-4-3-5-10-17/h6-8,11H,3-5,9-10,12H2,1-2H3. The Balaban J connectivity index is 2.10. The van der Waals surface area contributed by atoms with Crippen molar-refractivity contribution < 1.29 is 4.79 Å². The molecule has 0 unspecified atom stereocenters. The van der Waals surface area contributed by atoms with Gasteiger partial charge in [-0.3, -0.25) is 4.79 Å². The van der Waals surface area contributed by atoms with E-state index in [9.17, 15) is 10.1 Å². The molecule has 3 nitrogen and oxygen atoms in total. The first kappa shape index (κ1) is 14.6. The van der Waals surface area contributed by atoms with Gasteiger partial charge in [0.05, 0.1) is 6.07 Å². The van der Waals surface area contributed by atoms with Crippen LogP contribution in [0.4, 0.5) is 0 Å². The Hall–Kier alpha value is -1.82. The molecule has 1 fully saturated rings. The molecule has 20 heavy (non-hydrogen) atoms. The van der Waals surface area contributed by atoms with Crippen LogP contribution in [0.5, 0.6) is 0 Å². The number of rotatable bonds is 3. The summed E-state index contributed by atoms with van der Waals surface area (Å²) in [6, 6.07) is 10.5. The lowest BCUT2D eigenvalue weighted by Crippen LogP contribution is -2.42. The Labute approximate surface area is 121 Å². The van der Waals surface area contributed by atoms with Gasteiger partial charge in [-0.1, -0.05) is 49.1 Å². The van der Waals surface area contributed by atoms with E-state index in [2.05, 4.69) is 12.1 Å². The highest BCUT2D eigenvalue weighted by Gasteiger charge is 2.41. The lowest BCUT2D eigenvalue weighted by Gasteiger charge is -2.33. The van der Waals surface area contributed by atoms with Crippen LogP contribution < -0.4 is 0 Å². The SMILES string of the molecule is Cc1cccc(CN(C)C(=O)C2(C#N)CCCCC2)c1. The average Bonchev–Trinajstić information content (AvgIpc) is 2.47. The molecular formula is C17H22N2O. The lowest BCUT2D eigenvalue weighted by atomic mass is 9.74. The predicted octanol–water partition coefficient (Wildman–Crippen LogP) is 3.43. The molecule has 0 aliphatic heterocycles. The minimum atomic E-state index is -0.781. The number of carbonyl (C=O) groups excluding carboxylic acids is 1. The van der Waals surface area contributed by atoms with E-state index in [0.29, 0.717) is 19.4 Å². The molecule has 0 radical (unpaired) electrons. The Morgan fingerprint density at radius 1 is 1.35 bits per heavy atom. The molecular weight excluding hydrogens is 248 g/mol. The van der Waals surface area contributed by atoms with Crippen LogP contribution in [-0.4, -0.2) is 17.9 Å². The second kappa shape index (κ2) is 6.09. The molecule has 0 bridgehead atoms. The summed E-state index contributed by atoms with van der Waals surface area (Å²) in [5.41, 5.74) is 1.53. The molecule has 2 rings (SSSR count). The number of nitriles is 1. The first-order chi connectivity index (χ1) is 9.57. The van der Waals surface area contributed by atoms with Gasteiger partial charge < -0.3 is 4.90 Å². The summed E-state index contributed by atoms with van der Waals surface area (Å²) in [5.74, 6) is -0.0128. The first-order valence-corrected chi connectivity index (χ1v) is 7.30. The molecule has 1 amide bonds. The highest BCUT2D eigenvalue weighted by Crippen LogP contribution is 2.37. The largest absolute Gasteiger partial charge is 0.340 e. The van der Waals surface area contributed by atoms with Crippen LogP contribution >= 0.6 is 0 Å². The van der Waals surface area contributed by atoms with Gasteiger partial charge in [0.2, 0.25) is 5.91 Å². The smallest absolute Gasteiger partial charge is 0.243 e. The summed E-state index contributed by atoms with van der Waals surface area (Å²) < 4.78 is 0. The molecule has 106 valence electrons. The summed E-state index contributed by atoms with van der Waals surface area (Å²) in [5, 5.41) is 9.47. The zero-order chi connectivity index (χ0) is 14.6. The van der Waals surface area contributed by atoms with Crippen molar-refractivity contribution in [2.45, 2.75) is 45.6 Å². The molecule has 3 heteroatoms. The fraction of sp³-hybridized carbons (Fsp3) is 0.529. The predicted molar refractivity (Wildman–Crippen MR) is 78.8 cm³/mol. The molecule has 1 aliphatic carbocycles. The third-order valence-electron chi connectivity index (χ3n) is 4.18. The Morgan fingerprint density at radius 2 is 2.05 bits per heavy atom. The molecule has 0 N–H and O–H groups in total. The van der Waals surface area contributed by atoms with Crippen LogP contribution in [0.25, 0.3) is 0 Å². The summed E-state index contributed by atoms with van der Waals surface area (Å²) in [7, 11) is 1.80. The van der Waals surface area contributed by atoms with Gasteiger partial charge >= 0.3 is 0 Å². The highest BCUT2D eigenvalue weighted by atomic mass is 16.2. The fourth-order valence-electron chi connectivity index (χ4n) is 3.05. The van der Waals surface area contributed by atoms with Crippen molar-refractivity contribution in [1.82, 2.24) is 4.90 Å². The maximum absolute atomic E-state index is 12.6. The van der Waals surface area contributed by atoms with Gasteiger partial charge in [0.25, 0.3) is 0 Å². The van der Waals surface area contributed by atoms with Gasteiger partial charge in [-0.25, -0.2) is 0 Å². The molecule has 0 saturated heterocycles. The van der Waals surface area contributed by atoms with E-state index in [1.165, 1.54) is 5.56 Å². The number of nitrogens with zero attached hydrogens (tertiary/aromatic N) is 2. The van der Waals surface area contributed by atoms with Gasteiger partial charge in [-0.15, -0.1) is 0 Å². The highest BCUT2D eigenvalue weighted by molar-refractivity contribution is 5.85. The third kappa shape index (κ3) is 3.01. The van der Waals surface area contributed by atoms with Crippen LogP contribution in [0.2, 0.25) is 0 Å². The van der Waals surface area contributed by atoms with Gasteiger partial charge in [-0.2, -0.15) is 5.26 Å². The minimum absolute atomic E-state index is 0.0128. The minimum Gasteiger partial charge on any atom is -0.340 e.